The average molecular weight is 263 g/mol. The number of benzene rings is 1. The zero-order chi connectivity index (χ0) is 13.4. The van der Waals surface area contributed by atoms with Crippen molar-refractivity contribution in [3.8, 4) is 17.1 Å². The summed E-state index contributed by atoms with van der Waals surface area (Å²) >= 11 is 0. The fourth-order valence-corrected chi connectivity index (χ4v) is 2.03. The fourth-order valence-electron chi connectivity index (χ4n) is 2.03. The van der Waals surface area contributed by atoms with E-state index in [1.54, 1.807) is 18.9 Å². The van der Waals surface area contributed by atoms with E-state index >= 15 is 0 Å². The van der Waals surface area contributed by atoms with Crippen molar-refractivity contribution >= 4 is 11.2 Å². The largest absolute Gasteiger partial charge is 0.434 e. The maximum Gasteiger partial charge on any atom is 0.228 e. The van der Waals surface area contributed by atoms with Gasteiger partial charge in [-0.2, -0.15) is 4.98 Å². The van der Waals surface area contributed by atoms with Gasteiger partial charge in [0.2, 0.25) is 5.89 Å². The lowest BCUT2D eigenvalue weighted by molar-refractivity contribution is 0.619. The summed E-state index contributed by atoms with van der Waals surface area (Å²) in [4.78, 5) is 8.56. The Balaban J connectivity index is 1.84. The molecule has 0 bridgehead atoms. The molecule has 0 atom stereocenters. The molecule has 0 fully saturated rings. The first kappa shape index (κ1) is 10.9. The van der Waals surface area contributed by atoms with Crippen molar-refractivity contribution in [2.24, 2.45) is 0 Å². The second-order valence-corrected chi connectivity index (χ2v) is 4.26. The van der Waals surface area contributed by atoms with Crippen LogP contribution in [0.15, 0.2) is 59.7 Å². The summed E-state index contributed by atoms with van der Waals surface area (Å²) in [7, 11) is 0. The third-order valence-corrected chi connectivity index (χ3v) is 2.97. The molecule has 4 rings (SSSR count). The third-order valence-electron chi connectivity index (χ3n) is 2.97. The van der Waals surface area contributed by atoms with E-state index in [4.69, 9.17) is 4.42 Å². The quantitative estimate of drug-likeness (QED) is 0.555. The van der Waals surface area contributed by atoms with E-state index in [-0.39, 0.29) is 0 Å². The van der Waals surface area contributed by atoms with Crippen molar-refractivity contribution in [3.05, 3.63) is 55.2 Å². The molecule has 0 N–H and O–H groups in total. The monoisotopic (exact) mass is 263 g/mol. The molecule has 6 nitrogen and oxygen atoms in total. The minimum atomic E-state index is 0.550. The normalized spacial score (nSPS) is 11.0. The molecule has 0 spiro atoms. The first-order valence-electron chi connectivity index (χ1n) is 6.07. The van der Waals surface area contributed by atoms with Crippen molar-refractivity contribution in [2.45, 2.75) is 0 Å². The zero-order valence-corrected chi connectivity index (χ0v) is 10.3. The number of aromatic nitrogens is 5. The van der Waals surface area contributed by atoms with E-state index in [0.717, 1.165) is 11.3 Å². The molecule has 6 heteroatoms. The van der Waals surface area contributed by atoms with Crippen LogP contribution in [0.4, 0.5) is 0 Å². The van der Waals surface area contributed by atoms with E-state index in [2.05, 4.69) is 20.2 Å². The van der Waals surface area contributed by atoms with Crippen molar-refractivity contribution < 1.29 is 4.42 Å². The topological polar surface area (TPSA) is 69.6 Å². The Labute approximate surface area is 113 Å². The van der Waals surface area contributed by atoms with Crippen LogP contribution in [-0.4, -0.2) is 24.7 Å². The number of pyridine rings is 1. The maximum absolute atomic E-state index is 5.71. The average Bonchev–Trinajstić information content (AvgIpc) is 3.16. The van der Waals surface area contributed by atoms with E-state index in [9.17, 15) is 0 Å². The molecule has 0 aliphatic heterocycles. The van der Waals surface area contributed by atoms with Gasteiger partial charge in [-0.3, -0.25) is 4.57 Å². The Bertz CT molecular complexity index is 833. The van der Waals surface area contributed by atoms with Crippen LogP contribution in [-0.2, 0) is 0 Å². The number of hydrogen-bond acceptors (Lipinski definition) is 5. The number of rotatable bonds is 2. The summed E-state index contributed by atoms with van der Waals surface area (Å²) in [5.74, 6) is 0.550. The van der Waals surface area contributed by atoms with E-state index in [1.165, 1.54) is 0 Å². The van der Waals surface area contributed by atoms with Crippen molar-refractivity contribution in [3.63, 3.8) is 0 Å². The van der Waals surface area contributed by atoms with Crippen LogP contribution in [0.1, 0.15) is 0 Å². The molecular weight excluding hydrogens is 254 g/mol. The van der Waals surface area contributed by atoms with Crippen LogP contribution in [0, 0.1) is 0 Å². The minimum absolute atomic E-state index is 0.550. The fraction of sp³-hybridized carbons (Fsp3) is 0. The van der Waals surface area contributed by atoms with Crippen LogP contribution in [0.5, 0.6) is 0 Å². The molecule has 1 aromatic carbocycles. The SMILES string of the molecule is c1cc(-c2nc3ncccc3o2)cc(-n2cnnc2)c1. The number of oxazole rings is 1. The van der Waals surface area contributed by atoms with E-state index in [1.807, 2.05) is 41.0 Å². The van der Waals surface area contributed by atoms with Crippen LogP contribution >= 0.6 is 0 Å². The molecule has 3 heterocycles. The summed E-state index contributed by atoms with van der Waals surface area (Å²) < 4.78 is 7.54. The molecular formula is C14H9N5O. The highest BCUT2D eigenvalue weighted by atomic mass is 16.3. The molecule has 0 saturated heterocycles. The molecule has 0 radical (unpaired) electrons. The van der Waals surface area contributed by atoms with E-state index < -0.39 is 0 Å². The van der Waals surface area contributed by atoms with Gasteiger partial charge < -0.3 is 4.42 Å². The van der Waals surface area contributed by atoms with Gasteiger partial charge >= 0.3 is 0 Å². The van der Waals surface area contributed by atoms with Gasteiger partial charge in [-0.15, -0.1) is 10.2 Å². The molecule has 0 unspecified atom stereocenters. The number of hydrogen-bond donors (Lipinski definition) is 0. The summed E-state index contributed by atoms with van der Waals surface area (Å²) in [5.41, 5.74) is 3.12. The molecule has 0 amide bonds. The Hall–Kier alpha value is -3.02. The summed E-state index contributed by atoms with van der Waals surface area (Å²) in [6.07, 6.45) is 4.99. The molecule has 0 aliphatic carbocycles. The van der Waals surface area contributed by atoms with Crippen LogP contribution < -0.4 is 0 Å². The molecule has 0 aliphatic rings. The summed E-state index contributed by atoms with van der Waals surface area (Å²) in [6.45, 7) is 0. The smallest absolute Gasteiger partial charge is 0.228 e. The highest BCUT2D eigenvalue weighted by molar-refractivity contribution is 5.72. The molecule has 96 valence electrons. The van der Waals surface area contributed by atoms with Crippen LogP contribution in [0.2, 0.25) is 0 Å². The number of nitrogens with zero attached hydrogens (tertiary/aromatic N) is 5. The Kier molecular flexibility index (Phi) is 2.32. The molecule has 4 aromatic rings. The van der Waals surface area contributed by atoms with Gasteiger partial charge in [0, 0.05) is 17.4 Å². The van der Waals surface area contributed by atoms with Crippen LogP contribution in [0.3, 0.4) is 0 Å². The molecule has 0 saturated carbocycles. The first-order chi connectivity index (χ1) is 9.90. The lowest BCUT2D eigenvalue weighted by Crippen LogP contribution is -1.90. The summed E-state index contributed by atoms with van der Waals surface area (Å²) in [5, 5.41) is 7.60. The first-order valence-corrected chi connectivity index (χ1v) is 6.07. The van der Waals surface area contributed by atoms with E-state index in [0.29, 0.717) is 17.1 Å². The van der Waals surface area contributed by atoms with Gasteiger partial charge in [0.1, 0.15) is 12.7 Å². The highest BCUT2D eigenvalue weighted by Gasteiger charge is 2.09. The van der Waals surface area contributed by atoms with Crippen molar-refractivity contribution in [2.75, 3.05) is 0 Å². The maximum atomic E-state index is 5.71. The predicted octanol–water partition coefficient (Wildman–Crippen LogP) is 2.47. The van der Waals surface area contributed by atoms with Gasteiger partial charge in [-0.05, 0) is 30.3 Å². The number of fused-ring (bicyclic) bond motifs is 1. The zero-order valence-electron chi connectivity index (χ0n) is 10.3. The lowest BCUT2D eigenvalue weighted by Gasteiger charge is -2.02. The summed E-state index contributed by atoms with van der Waals surface area (Å²) in [6, 6.07) is 11.5. The van der Waals surface area contributed by atoms with Crippen molar-refractivity contribution in [1.29, 1.82) is 0 Å². The molecule has 20 heavy (non-hydrogen) atoms. The van der Waals surface area contributed by atoms with Gasteiger partial charge in [-0.25, -0.2) is 4.98 Å². The highest BCUT2D eigenvalue weighted by Crippen LogP contribution is 2.24. The second kappa shape index (κ2) is 4.27. The molecule has 3 aromatic heterocycles. The Morgan fingerprint density at radius 3 is 2.75 bits per heavy atom. The second-order valence-electron chi connectivity index (χ2n) is 4.26. The van der Waals surface area contributed by atoms with Crippen molar-refractivity contribution in [1.82, 2.24) is 24.7 Å². The van der Waals surface area contributed by atoms with Gasteiger partial charge in [-0.1, -0.05) is 6.07 Å². The Morgan fingerprint density at radius 2 is 1.90 bits per heavy atom. The van der Waals surface area contributed by atoms with Gasteiger partial charge in [0.25, 0.3) is 0 Å². The van der Waals surface area contributed by atoms with Gasteiger partial charge in [0.15, 0.2) is 11.2 Å². The Morgan fingerprint density at radius 1 is 1.00 bits per heavy atom. The lowest BCUT2D eigenvalue weighted by atomic mass is 10.2. The minimum Gasteiger partial charge on any atom is -0.434 e. The standard InChI is InChI=1S/C14H9N5O/c1-3-10(7-11(4-1)19-8-16-17-9-19)14-18-13-12(20-14)5-2-6-15-13/h1-9H. The third kappa shape index (κ3) is 1.74. The van der Waals surface area contributed by atoms with Gasteiger partial charge in [0.05, 0.1) is 0 Å². The van der Waals surface area contributed by atoms with Crippen LogP contribution in [0.25, 0.3) is 28.4 Å². The predicted molar refractivity (Wildman–Crippen MR) is 72.2 cm³/mol.